The van der Waals surface area contributed by atoms with E-state index in [1.54, 1.807) is 0 Å². The van der Waals surface area contributed by atoms with Crippen LogP contribution in [0.15, 0.2) is 60.7 Å². The number of hydrogen-bond donors (Lipinski definition) is 1. The SMILES string of the molecule is Cc1cc(N(C)Cc2ccccc2)nc(Nc2cccc(Cl)c2)n1. The average molecular weight is 339 g/mol. The minimum Gasteiger partial charge on any atom is -0.355 e. The molecule has 0 aliphatic heterocycles. The third-order valence-corrected chi connectivity index (χ3v) is 3.81. The second-order valence-corrected chi connectivity index (χ2v) is 6.10. The molecule has 0 spiro atoms. The molecule has 0 unspecified atom stereocenters. The van der Waals surface area contributed by atoms with Gasteiger partial charge in [0.2, 0.25) is 5.95 Å². The predicted octanol–water partition coefficient (Wildman–Crippen LogP) is 4.82. The maximum absolute atomic E-state index is 6.03. The zero-order valence-electron chi connectivity index (χ0n) is 13.7. The second-order valence-electron chi connectivity index (χ2n) is 5.67. The Morgan fingerprint density at radius 2 is 1.79 bits per heavy atom. The maximum atomic E-state index is 6.03. The summed E-state index contributed by atoms with van der Waals surface area (Å²) in [4.78, 5) is 11.2. The third-order valence-electron chi connectivity index (χ3n) is 3.58. The molecular weight excluding hydrogens is 320 g/mol. The molecule has 0 atom stereocenters. The fourth-order valence-corrected chi connectivity index (χ4v) is 2.63. The van der Waals surface area contributed by atoms with Crippen LogP contribution >= 0.6 is 11.6 Å². The fraction of sp³-hybridized carbons (Fsp3) is 0.158. The van der Waals surface area contributed by atoms with Crippen molar-refractivity contribution in [2.24, 2.45) is 0 Å². The number of anilines is 3. The normalized spacial score (nSPS) is 10.5. The van der Waals surface area contributed by atoms with Crippen LogP contribution in [0.2, 0.25) is 5.02 Å². The lowest BCUT2D eigenvalue weighted by molar-refractivity contribution is 0.888. The highest BCUT2D eigenvalue weighted by Gasteiger charge is 2.08. The first-order valence-corrected chi connectivity index (χ1v) is 8.11. The molecule has 0 bridgehead atoms. The highest BCUT2D eigenvalue weighted by Crippen LogP contribution is 2.21. The Morgan fingerprint density at radius 1 is 1.00 bits per heavy atom. The second kappa shape index (κ2) is 7.32. The number of benzene rings is 2. The van der Waals surface area contributed by atoms with Gasteiger partial charge in [0.25, 0.3) is 0 Å². The number of aromatic nitrogens is 2. The quantitative estimate of drug-likeness (QED) is 0.724. The van der Waals surface area contributed by atoms with Crippen LogP contribution in [-0.4, -0.2) is 17.0 Å². The molecule has 1 N–H and O–H groups in total. The van der Waals surface area contributed by atoms with Crippen LogP contribution in [-0.2, 0) is 6.54 Å². The van der Waals surface area contributed by atoms with E-state index in [4.69, 9.17) is 11.6 Å². The van der Waals surface area contributed by atoms with E-state index in [0.717, 1.165) is 23.7 Å². The van der Waals surface area contributed by atoms with Crippen molar-refractivity contribution in [2.75, 3.05) is 17.3 Å². The van der Waals surface area contributed by atoms with E-state index in [-0.39, 0.29) is 0 Å². The van der Waals surface area contributed by atoms with E-state index in [9.17, 15) is 0 Å². The fourth-order valence-electron chi connectivity index (χ4n) is 2.44. The molecule has 4 nitrogen and oxygen atoms in total. The number of hydrogen-bond acceptors (Lipinski definition) is 4. The molecule has 2 aromatic carbocycles. The molecule has 0 saturated heterocycles. The van der Waals surface area contributed by atoms with Gasteiger partial charge in [-0.3, -0.25) is 0 Å². The first-order chi connectivity index (χ1) is 11.6. The van der Waals surface area contributed by atoms with Gasteiger partial charge >= 0.3 is 0 Å². The third kappa shape index (κ3) is 4.24. The Balaban J connectivity index is 1.80. The van der Waals surface area contributed by atoms with Crippen molar-refractivity contribution in [2.45, 2.75) is 13.5 Å². The number of nitrogens with zero attached hydrogens (tertiary/aromatic N) is 3. The van der Waals surface area contributed by atoms with Gasteiger partial charge in [0.1, 0.15) is 5.82 Å². The van der Waals surface area contributed by atoms with Gasteiger partial charge in [0.05, 0.1) is 0 Å². The van der Waals surface area contributed by atoms with E-state index in [1.807, 2.05) is 62.5 Å². The first-order valence-electron chi connectivity index (χ1n) is 7.73. The lowest BCUT2D eigenvalue weighted by Gasteiger charge is -2.19. The Bertz CT molecular complexity index is 821. The van der Waals surface area contributed by atoms with Crippen LogP contribution in [0.5, 0.6) is 0 Å². The highest BCUT2D eigenvalue weighted by atomic mass is 35.5. The summed E-state index contributed by atoms with van der Waals surface area (Å²) in [6, 6.07) is 19.8. The van der Waals surface area contributed by atoms with Crippen molar-refractivity contribution < 1.29 is 0 Å². The van der Waals surface area contributed by atoms with Crippen LogP contribution < -0.4 is 10.2 Å². The van der Waals surface area contributed by atoms with Gasteiger partial charge in [0, 0.05) is 36.1 Å². The van der Waals surface area contributed by atoms with Crippen molar-refractivity contribution in [3.05, 3.63) is 76.9 Å². The van der Waals surface area contributed by atoms with Gasteiger partial charge in [-0.2, -0.15) is 4.98 Å². The molecule has 1 aromatic heterocycles. The molecule has 3 rings (SSSR count). The van der Waals surface area contributed by atoms with E-state index in [0.29, 0.717) is 11.0 Å². The summed E-state index contributed by atoms with van der Waals surface area (Å²) < 4.78 is 0. The zero-order chi connectivity index (χ0) is 16.9. The molecule has 122 valence electrons. The number of nitrogens with one attached hydrogen (secondary N) is 1. The first kappa shape index (κ1) is 16.3. The molecule has 1 heterocycles. The van der Waals surface area contributed by atoms with Crippen LogP contribution in [0, 0.1) is 6.92 Å². The topological polar surface area (TPSA) is 41.1 Å². The molecule has 0 fully saturated rings. The van der Waals surface area contributed by atoms with Gasteiger partial charge in [0.15, 0.2) is 0 Å². The summed E-state index contributed by atoms with van der Waals surface area (Å²) in [5, 5.41) is 3.89. The molecule has 3 aromatic rings. The van der Waals surface area contributed by atoms with Gasteiger partial charge in [-0.25, -0.2) is 4.98 Å². The average Bonchev–Trinajstić information content (AvgIpc) is 2.55. The predicted molar refractivity (Wildman–Crippen MR) is 100 cm³/mol. The summed E-state index contributed by atoms with van der Waals surface area (Å²) in [6.45, 7) is 2.75. The molecule has 0 aliphatic rings. The van der Waals surface area contributed by atoms with Crippen LogP contribution in [0.4, 0.5) is 17.5 Å². The summed E-state index contributed by atoms with van der Waals surface area (Å²) in [6.07, 6.45) is 0. The summed E-state index contributed by atoms with van der Waals surface area (Å²) >= 11 is 6.03. The monoisotopic (exact) mass is 338 g/mol. The van der Waals surface area contributed by atoms with E-state index in [2.05, 4.69) is 32.3 Å². The highest BCUT2D eigenvalue weighted by molar-refractivity contribution is 6.30. The zero-order valence-corrected chi connectivity index (χ0v) is 14.5. The van der Waals surface area contributed by atoms with Crippen molar-refractivity contribution in [1.29, 1.82) is 0 Å². The molecule has 5 heteroatoms. The molecule has 0 amide bonds. The van der Waals surface area contributed by atoms with Gasteiger partial charge in [-0.05, 0) is 30.7 Å². The standard InChI is InChI=1S/C19H19ClN4/c1-14-11-18(24(2)13-15-7-4-3-5-8-15)23-19(21-14)22-17-10-6-9-16(20)12-17/h3-12H,13H2,1-2H3,(H,21,22,23). The van der Waals surface area contributed by atoms with Gasteiger partial charge in [-0.1, -0.05) is 48.0 Å². The van der Waals surface area contributed by atoms with Crippen molar-refractivity contribution in [3.63, 3.8) is 0 Å². The summed E-state index contributed by atoms with van der Waals surface area (Å²) in [7, 11) is 2.03. The van der Waals surface area contributed by atoms with Crippen LogP contribution in [0.3, 0.4) is 0 Å². The molecular formula is C19H19ClN4. The maximum Gasteiger partial charge on any atom is 0.229 e. The van der Waals surface area contributed by atoms with Gasteiger partial charge < -0.3 is 10.2 Å². The minimum absolute atomic E-state index is 0.562. The molecule has 0 aliphatic carbocycles. The Labute approximate surface area is 147 Å². The van der Waals surface area contributed by atoms with E-state index >= 15 is 0 Å². The molecule has 0 radical (unpaired) electrons. The summed E-state index contributed by atoms with van der Waals surface area (Å²) in [5.41, 5.74) is 3.01. The number of halogens is 1. The van der Waals surface area contributed by atoms with Crippen LogP contribution in [0.1, 0.15) is 11.3 Å². The largest absolute Gasteiger partial charge is 0.355 e. The van der Waals surface area contributed by atoms with E-state index < -0.39 is 0 Å². The smallest absolute Gasteiger partial charge is 0.229 e. The number of aryl methyl sites for hydroxylation is 1. The Morgan fingerprint density at radius 3 is 2.54 bits per heavy atom. The lowest BCUT2D eigenvalue weighted by Crippen LogP contribution is -2.18. The Hall–Kier alpha value is -2.59. The van der Waals surface area contributed by atoms with Crippen molar-refractivity contribution in [3.8, 4) is 0 Å². The molecule has 0 saturated carbocycles. The van der Waals surface area contributed by atoms with E-state index in [1.165, 1.54) is 5.56 Å². The lowest BCUT2D eigenvalue weighted by atomic mass is 10.2. The van der Waals surface area contributed by atoms with Crippen LogP contribution in [0.25, 0.3) is 0 Å². The number of rotatable bonds is 5. The Kier molecular flexibility index (Phi) is 4.96. The minimum atomic E-state index is 0.562. The van der Waals surface area contributed by atoms with Crippen molar-refractivity contribution >= 4 is 29.1 Å². The molecule has 24 heavy (non-hydrogen) atoms. The van der Waals surface area contributed by atoms with Gasteiger partial charge in [-0.15, -0.1) is 0 Å². The van der Waals surface area contributed by atoms with Crippen molar-refractivity contribution in [1.82, 2.24) is 9.97 Å². The summed E-state index contributed by atoms with van der Waals surface area (Å²) in [5.74, 6) is 1.43.